The van der Waals surface area contributed by atoms with Gasteiger partial charge in [-0.15, -0.1) is 0 Å². The average molecular weight is 315 g/mol. The van der Waals surface area contributed by atoms with Gasteiger partial charge in [-0.05, 0) is 49.7 Å². The van der Waals surface area contributed by atoms with Crippen LogP contribution in [0.15, 0.2) is 0 Å². The van der Waals surface area contributed by atoms with Crippen LogP contribution in [0.3, 0.4) is 0 Å². The van der Waals surface area contributed by atoms with Gasteiger partial charge >= 0.3 is 0 Å². The molecule has 0 radical (unpaired) electrons. The number of hydrogen-bond donors (Lipinski definition) is 1. The summed E-state index contributed by atoms with van der Waals surface area (Å²) >= 11 is 2.07. The number of likely N-dealkylation sites (N-methyl/N-ethyl adjacent to an activating group) is 1. The zero-order valence-electron chi connectivity index (χ0n) is 13.1. The van der Waals surface area contributed by atoms with Crippen molar-refractivity contribution in [3.63, 3.8) is 0 Å². The number of nitrogens with one attached hydrogen (secondary N) is 1. The summed E-state index contributed by atoms with van der Waals surface area (Å²) in [4.78, 5) is 0. The van der Waals surface area contributed by atoms with Gasteiger partial charge in [-0.3, -0.25) is 0 Å². The Kier molecular flexibility index (Phi) is 5.85. The molecule has 3 atom stereocenters. The lowest BCUT2D eigenvalue weighted by atomic mass is 9.77. The van der Waals surface area contributed by atoms with Crippen molar-refractivity contribution >= 4 is 11.8 Å². The molecule has 3 aliphatic heterocycles. The molecule has 0 aliphatic carbocycles. The first kappa shape index (κ1) is 16.1. The molecular formula is C16H29NO3S. The topological polar surface area (TPSA) is 39.7 Å². The second-order valence-corrected chi connectivity index (χ2v) is 7.69. The van der Waals surface area contributed by atoms with Crippen molar-refractivity contribution in [2.24, 2.45) is 5.92 Å². The van der Waals surface area contributed by atoms with Crippen LogP contribution in [0.2, 0.25) is 0 Å². The van der Waals surface area contributed by atoms with Crippen molar-refractivity contribution in [2.75, 3.05) is 44.5 Å². The zero-order valence-corrected chi connectivity index (χ0v) is 14.0. The van der Waals surface area contributed by atoms with E-state index in [4.69, 9.17) is 14.2 Å². The lowest BCUT2D eigenvalue weighted by Gasteiger charge is -2.47. The fraction of sp³-hybridized carbons (Fsp3) is 1.00. The number of hydrogen-bond acceptors (Lipinski definition) is 5. The van der Waals surface area contributed by atoms with Crippen LogP contribution in [0, 0.1) is 5.92 Å². The Balaban J connectivity index is 1.66. The molecule has 0 aromatic heterocycles. The maximum Gasteiger partial charge on any atom is 0.0964 e. The molecule has 5 heteroatoms. The lowest BCUT2D eigenvalue weighted by Crippen LogP contribution is -2.55. The molecule has 0 aromatic rings. The maximum atomic E-state index is 6.24. The van der Waals surface area contributed by atoms with Crippen molar-refractivity contribution in [3.05, 3.63) is 0 Å². The second kappa shape index (κ2) is 7.64. The lowest BCUT2D eigenvalue weighted by molar-refractivity contribution is -0.139. The molecule has 3 heterocycles. The minimum Gasteiger partial charge on any atom is -0.376 e. The molecular weight excluding hydrogens is 286 g/mol. The number of thioether (sulfide) groups is 1. The highest BCUT2D eigenvalue weighted by atomic mass is 32.2. The summed E-state index contributed by atoms with van der Waals surface area (Å²) < 4.78 is 17.9. The SMILES string of the molecule is CCNC(C1CCOC2(CCSCC2)C1)C1COCCO1. The summed E-state index contributed by atoms with van der Waals surface area (Å²) in [5.74, 6) is 3.15. The number of ether oxygens (including phenoxy) is 3. The molecule has 3 rings (SSSR count). The third kappa shape index (κ3) is 3.94. The van der Waals surface area contributed by atoms with Crippen molar-refractivity contribution in [1.82, 2.24) is 5.32 Å². The molecule has 1 N–H and O–H groups in total. The van der Waals surface area contributed by atoms with E-state index in [1.54, 1.807) is 0 Å². The van der Waals surface area contributed by atoms with E-state index in [0.29, 0.717) is 12.0 Å². The van der Waals surface area contributed by atoms with E-state index < -0.39 is 0 Å². The first-order chi connectivity index (χ1) is 10.3. The number of rotatable bonds is 4. The van der Waals surface area contributed by atoms with Gasteiger partial charge in [0, 0.05) is 12.6 Å². The predicted octanol–water partition coefficient (Wildman–Crippen LogP) is 2.07. The molecule has 0 bridgehead atoms. The van der Waals surface area contributed by atoms with E-state index >= 15 is 0 Å². The molecule has 122 valence electrons. The van der Waals surface area contributed by atoms with Gasteiger partial charge in [-0.1, -0.05) is 6.92 Å². The quantitative estimate of drug-likeness (QED) is 0.860. The third-order valence-electron chi connectivity index (χ3n) is 5.13. The first-order valence-electron chi connectivity index (χ1n) is 8.47. The summed E-state index contributed by atoms with van der Waals surface area (Å²) in [6.07, 6.45) is 4.97. The van der Waals surface area contributed by atoms with Gasteiger partial charge in [-0.2, -0.15) is 11.8 Å². The Morgan fingerprint density at radius 3 is 2.81 bits per heavy atom. The Morgan fingerprint density at radius 1 is 1.24 bits per heavy atom. The van der Waals surface area contributed by atoms with Crippen LogP contribution >= 0.6 is 11.8 Å². The Morgan fingerprint density at radius 2 is 2.10 bits per heavy atom. The van der Waals surface area contributed by atoms with E-state index in [1.165, 1.54) is 30.8 Å². The van der Waals surface area contributed by atoms with E-state index in [0.717, 1.165) is 39.4 Å². The molecule has 21 heavy (non-hydrogen) atoms. The first-order valence-corrected chi connectivity index (χ1v) is 9.63. The Bertz CT molecular complexity index is 311. The Hall–Kier alpha value is 0.190. The van der Waals surface area contributed by atoms with Gasteiger partial charge in [-0.25, -0.2) is 0 Å². The summed E-state index contributed by atoms with van der Waals surface area (Å²) in [7, 11) is 0. The van der Waals surface area contributed by atoms with Gasteiger partial charge in [0.05, 0.1) is 31.5 Å². The van der Waals surface area contributed by atoms with Crippen LogP contribution in [0.5, 0.6) is 0 Å². The molecule has 3 aliphatic rings. The molecule has 1 spiro atoms. The highest BCUT2D eigenvalue weighted by Gasteiger charge is 2.43. The predicted molar refractivity (Wildman–Crippen MR) is 86.0 cm³/mol. The van der Waals surface area contributed by atoms with E-state index in [1.807, 2.05) is 0 Å². The van der Waals surface area contributed by atoms with Crippen molar-refractivity contribution in [1.29, 1.82) is 0 Å². The standard InChI is InChI=1S/C16H29NO3S/c1-2-17-15(14-12-18-7-8-19-14)13-3-6-20-16(11-13)4-9-21-10-5-16/h13-15,17H,2-12H2,1H3. The van der Waals surface area contributed by atoms with E-state index in [-0.39, 0.29) is 11.7 Å². The summed E-state index contributed by atoms with van der Waals surface area (Å²) in [5, 5.41) is 3.68. The summed E-state index contributed by atoms with van der Waals surface area (Å²) in [6, 6.07) is 0.408. The van der Waals surface area contributed by atoms with Crippen LogP contribution in [0.4, 0.5) is 0 Å². The minimum atomic E-state index is 0.150. The molecule has 3 saturated heterocycles. The highest BCUT2D eigenvalue weighted by molar-refractivity contribution is 7.99. The summed E-state index contributed by atoms with van der Waals surface area (Å²) in [6.45, 7) is 6.29. The largest absolute Gasteiger partial charge is 0.376 e. The van der Waals surface area contributed by atoms with Crippen LogP contribution in [-0.4, -0.2) is 62.2 Å². The van der Waals surface area contributed by atoms with E-state index in [2.05, 4.69) is 24.0 Å². The van der Waals surface area contributed by atoms with Gasteiger partial charge in [0.25, 0.3) is 0 Å². The Labute approximate surface area is 132 Å². The van der Waals surface area contributed by atoms with Crippen LogP contribution in [0.25, 0.3) is 0 Å². The van der Waals surface area contributed by atoms with Gasteiger partial charge in [0.15, 0.2) is 0 Å². The molecule has 0 aromatic carbocycles. The van der Waals surface area contributed by atoms with Gasteiger partial charge in [0.2, 0.25) is 0 Å². The molecule has 4 nitrogen and oxygen atoms in total. The normalized spacial score (nSPS) is 34.7. The monoisotopic (exact) mass is 315 g/mol. The molecule has 3 fully saturated rings. The smallest absolute Gasteiger partial charge is 0.0964 e. The zero-order chi connectivity index (χ0) is 14.5. The molecule has 0 amide bonds. The fourth-order valence-corrected chi connectivity index (χ4v) is 5.25. The van der Waals surface area contributed by atoms with E-state index in [9.17, 15) is 0 Å². The molecule has 3 unspecified atom stereocenters. The second-order valence-electron chi connectivity index (χ2n) is 6.46. The maximum absolute atomic E-state index is 6.24. The molecule has 0 saturated carbocycles. The third-order valence-corrected chi connectivity index (χ3v) is 6.11. The fourth-order valence-electron chi connectivity index (χ4n) is 4.01. The van der Waals surface area contributed by atoms with Gasteiger partial charge in [0.1, 0.15) is 0 Å². The van der Waals surface area contributed by atoms with Crippen LogP contribution in [-0.2, 0) is 14.2 Å². The summed E-state index contributed by atoms with van der Waals surface area (Å²) in [5.41, 5.74) is 0.150. The average Bonchev–Trinajstić information content (AvgIpc) is 2.54. The van der Waals surface area contributed by atoms with Crippen molar-refractivity contribution in [3.8, 4) is 0 Å². The van der Waals surface area contributed by atoms with Crippen molar-refractivity contribution in [2.45, 2.75) is 50.4 Å². The van der Waals surface area contributed by atoms with Gasteiger partial charge < -0.3 is 19.5 Å². The van der Waals surface area contributed by atoms with Crippen LogP contribution in [0.1, 0.15) is 32.6 Å². The van der Waals surface area contributed by atoms with Crippen molar-refractivity contribution < 1.29 is 14.2 Å². The highest BCUT2D eigenvalue weighted by Crippen LogP contribution is 2.41. The van der Waals surface area contributed by atoms with Crippen LogP contribution < -0.4 is 5.32 Å². The minimum absolute atomic E-state index is 0.150.